The second-order valence-electron chi connectivity index (χ2n) is 3.23. The Morgan fingerprint density at radius 3 is 3.00 bits per heavy atom. The van der Waals surface area contributed by atoms with E-state index < -0.39 is 5.97 Å². The molecule has 0 saturated heterocycles. The van der Waals surface area contributed by atoms with Gasteiger partial charge < -0.3 is 9.63 Å². The van der Waals surface area contributed by atoms with Crippen molar-refractivity contribution in [3.05, 3.63) is 29.4 Å². The first-order valence-corrected chi connectivity index (χ1v) is 4.76. The molecule has 16 heavy (non-hydrogen) atoms. The van der Waals surface area contributed by atoms with Crippen molar-refractivity contribution in [1.82, 2.24) is 20.2 Å². The van der Waals surface area contributed by atoms with Gasteiger partial charge in [0, 0.05) is 5.56 Å². The summed E-state index contributed by atoms with van der Waals surface area (Å²) in [6.45, 7) is 2.27. The van der Waals surface area contributed by atoms with Gasteiger partial charge in [0.1, 0.15) is 6.26 Å². The molecule has 0 bridgehead atoms. The molecule has 0 aliphatic rings. The van der Waals surface area contributed by atoms with Crippen LogP contribution in [0.2, 0.25) is 0 Å². The molecule has 2 aromatic heterocycles. The Labute approximate surface area is 90.7 Å². The number of carboxylic acid groups (broad SMARTS) is 1. The fourth-order valence-electron chi connectivity index (χ4n) is 1.45. The number of hydrogen-bond acceptors (Lipinski definition) is 5. The zero-order chi connectivity index (χ0) is 11.5. The average molecular weight is 222 g/mol. The van der Waals surface area contributed by atoms with Gasteiger partial charge in [-0.05, 0) is 6.42 Å². The van der Waals surface area contributed by atoms with Crippen LogP contribution in [0.15, 0.2) is 17.0 Å². The third-order valence-corrected chi connectivity index (χ3v) is 2.19. The first-order chi connectivity index (χ1) is 7.72. The molecule has 2 heterocycles. The maximum Gasteiger partial charge on any atom is 0.358 e. The highest BCUT2D eigenvalue weighted by Crippen LogP contribution is 2.09. The second-order valence-corrected chi connectivity index (χ2v) is 3.23. The Bertz CT molecular complexity index is 489. The summed E-state index contributed by atoms with van der Waals surface area (Å²) in [5.41, 5.74) is 1.41. The number of nitrogens with zero attached hydrogens (tertiary/aromatic N) is 4. The summed E-state index contributed by atoms with van der Waals surface area (Å²) in [7, 11) is 0. The van der Waals surface area contributed by atoms with E-state index >= 15 is 0 Å². The van der Waals surface area contributed by atoms with Gasteiger partial charge in [-0.25, -0.2) is 9.48 Å². The van der Waals surface area contributed by atoms with Crippen LogP contribution in [0.3, 0.4) is 0 Å². The molecule has 0 radical (unpaired) electrons. The highest BCUT2D eigenvalue weighted by Gasteiger charge is 2.17. The van der Waals surface area contributed by atoms with E-state index in [1.807, 2.05) is 6.92 Å². The molecular formula is C9H10N4O3. The van der Waals surface area contributed by atoms with E-state index in [1.54, 1.807) is 6.20 Å². The van der Waals surface area contributed by atoms with Gasteiger partial charge in [-0.3, -0.25) is 0 Å². The zero-order valence-electron chi connectivity index (χ0n) is 8.62. The molecule has 0 amide bonds. The second kappa shape index (κ2) is 4.13. The Morgan fingerprint density at radius 1 is 1.62 bits per heavy atom. The van der Waals surface area contributed by atoms with E-state index in [1.165, 1.54) is 10.9 Å². The molecular weight excluding hydrogens is 212 g/mol. The largest absolute Gasteiger partial charge is 0.476 e. The zero-order valence-corrected chi connectivity index (χ0v) is 8.62. The fourth-order valence-corrected chi connectivity index (χ4v) is 1.45. The summed E-state index contributed by atoms with van der Waals surface area (Å²) >= 11 is 0. The van der Waals surface area contributed by atoms with Gasteiger partial charge in [0.25, 0.3) is 0 Å². The van der Waals surface area contributed by atoms with Crippen molar-refractivity contribution in [3.8, 4) is 0 Å². The van der Waals surface area contributed by atoms with E-state index in [2.05, 4.69) is 20.0 Å². The molecule has 0 aliphatic heterocycles. The van der Waals surface area contributed by atoms with Gasteiger partial charge in [0.15, 0.2) is 5.69 Å². The molecule has 0 saturated carbocycles. The Hall–Kier alpha value is -2.18. The van der Waals surface area contributed by atoms with Crippen LogP contribution in [-0.2, 0) is 13.0 Å². The molecule has 2 aromatic rings. The lowest BCUT2D eigenvalue weighted by Gasteiger charge is -2.01. The van der Waals surface area contributed by atoms with Crippen LogP contribution in [-0.4, -0.2) is 31.2 Å². The summed E-state index contributed by atoms with van der Waals surface area (Å²) in [6.07, 6.45) is 3.60. The standard InChI is InChI=1S/C9H10N4O3/c1-2-7-8(9(14)15)11-12-13(7)4-6-3-10-16-5-6/h3,5H,2,4H2,1H3,(H,14,15). The molecule has 7 heteroatoms. The minimum absolute atomic E-state index is 0.000968. The van der Waals surface area contributed by atoms with Crippen molar-refractivity contribution >= 4 is 5.97 Å². The van der Waals surface area contributed by atoms with Gasteiger partial charge in [0.05, 0.1) is 18.4 Å². The Morgan fingerprint density at radius 2 is 2.44 bits per heavy atom. The third-order valence-electron chi connectivity index (χ3n) is 2.19. The van der Waals surface area contributed by atoms with Crippen molar-refractivity contribution in [1.29, 1.82) is 0 Å². The molecule has 1 N–H and O–H groups in total. The van der Waals surface area contributed by atoms with E-state index in [0.717, 1.165) is 5.56 Å². The molecule has 0 spiro atoms. The maximum absolute atomic E-state index is 10.8. The maximum atomic E-state index is 10.8. The van der Waals surface area contributed by atoms with Crippen LogP contribution in [0.5, 0.6) is 0 Å². The molecule has 7 nitrogen and oxygen atoms in total. The topological polar surface area (TPSA) is 94.0 Å². The number of aromatic nitrogens is 4. The van der Waals surface area contributed by atoms with Crippen LogP contribution in [0.1, 0.15) is 28.7 Å². The van der Waals surface area contributed by atoms with Gasteiger partial charge in [0.2, 0.25) is 0 Å². The smallest absolute Gasteiger partial charge is 0.358 e. The van der Waals surface area contributed by atoms with Gasteiger partial charge >= 0.3 is 5.97 Å². The molecule has 0 unspecified atom stereocenters. The third kappa shape index (κ3) is 1.79. The summed E-state index contributed by atoms with van der Waals surface area (Å²) in [5, 5.41) is 19.9. The van der Waals surface area contributed by atoms with Crippen molar-refractivity contribution in [2.75, 3.05) is 0 Å². The summed E-state index contributed by atoms with van der Waals surface area (Å²) in [4.78, 5) is 10.8. The molecule has 2 rings (SSSR count). The van der Waals surface area contributed by atoms with E-state index in [0.29, 0.717) is 18.7 Å². The number of carboxylic acids is 1. The Balaban J connectivity index is 2.31. The lowest BCUT2D eigenvalue weighted by Crippen LogP contribution is -2.08. The monoisotopic (exact) mass is 222 g/mol. The van der Waals surface area contributed by atoms with Crippen LogP contribution < -0.4 is 0 Å². The van der Waals surface area contributed by atoms with Crippen molar-refractivity contribution in [2.45, 2.75) is 19.9 Å². The van der Waals surface area contributed by atoms with E-state index in [9.17, 15) is 4.79 Å². The molecule has 0 atom stereocenters. The minimum atomic E-state index is -1.06. The van der Waals surface area contributed by atoms with Crippen LogP contribution in [0, 0.1) is 0 Å². The van der Waals surface area contributed by atoms with E-state index in [-0.39, 0.29) is 5.69 Å². The van der Waals surface area contributed by atoms with Crippen LogP contribution in [0.25, 0.3) is 0 Å². The first kappa shape index (κ1) is 10.3. The van der Waals surface area contributed by atoms with Gasteiger partial charge in [-0.2, -0.15) is 0 Å². The van der Waals surface area contributed by atoms with Crippen molar-refractivity contribution < 1.29 is 14.4 Å². The number of rotatable bonds is 4. The molecule has 0 fully saturated rings. The highest BCUT2D eigenvalue weighted by molar-refractivity contribution is 5.86. The first-order valence-electron chi connectivity index (χ1n) is 4.76. The van der Waals surface area contributed by atoms with Crippen LogP contribution in [0.4, 0.5) is 0 Å². The average Bonchev–Trinajstić information content (AvgIpc) is 2.87. The summed E-state index contributed by atoms with van der Waals surface area (Å²) < 4.78 is 6.22. The number of hydrogen-bond donors (Lipinski definition) is 1. The Kier molecular flexibility index (Phi) is 2.67. The van der Waals surface area contributed by atoms with Crippen molar-refractivity contribution in [2.24, 2.45) is 0 Å². The van der Waals surface area contributed by atoms with E-state index in [4.69, 9.17) is 5.11 Å². The van der Waals surface area contributed by atoms with Gasteiger partial charge in [-0.1, -0.05) is 17.3 Å². The summed E-state index contributed by atoms with van der Waals surface area (Å²) in [5.74, 6) is -1.06. The lowest BCUT2D eigenvalue weighted by molar-refractivity contribution is 0.0689. The van der Waals surface area contributed by atoms with Gasteiger partial charge in [-0.15, -0.1) is 5.10 Å². The minimum Gasteiger partial charge on any atom is -0.476 e. The molecule has 0 aliphatic carbocycles. The highest BCUT2D eigenvalue weighted by atomic mass is 16.5. The molecule has 84 valence electrons. The normalized spacial score (nSPS) is 10.6. The quantitative estimate of drug-likeness (QED) is 0.812. The lowest BCUT2D eigenvalue weighted by atomic mass is 10.2. The summed E-state index contributed by atoms with van der Waals surface area (Å²) in [6, 6.07) is 0. The van der Waals surface area contributed by atoms with Crippen molar-refractivity contribution in [3.63, 3.8) is 0 Å². The molecule has 0 aromatic carbocycles. The number of aromatic carboxylic acids is 1. The predicted octanol–water partition coefficient (Wildman–Crippen LogP) is 0.575. The number of carbonyl (C=O) groups is 1. The van der Waals surface area contributed by atoms with Crippen LogP contribution >= 0.6 is 0 Å². The predicted molar refractivity (Wildman–Crippen MR) is 52.0 cm³/mol. The fraction of sp³-hybridized carbons (Fsp3) is 0.333. The SMILES string of the molecule is CCc1c(C(=O)O)nnn1Cc1cnoc1.